The fourth-order valence-corrected chi connectivity index (χ4v) is 2.76. The smallest absolute Gasteiger partial charge is 0.0444 e. The summed E-state index contributed by atoms with van der Waals surface area (Å²) < 4.78 is 0. The van der Waals surface area contributed by atoms with Gasteiger partial charge in [-0.25, -0.2) is 0 Å². The molecule has 15 heavy (non-hydrogen) atoms. The molecular formula is C12H15Cl3. The Bertz CT molecular complexity index is 343. The largest absolute Gasteiger partial charge is 0.123 e. The van der Waals surface area contributed by atoms with Crippen LogP contribution in [-0.2, 0) is 5.41 Å². The van der Waals surface area contributed by atoms with Crippen molar-refractivity contribution in [2.24, 2.45) is 0 Å². The standard InChI is InChI=1S/C12H15Cl3/c1-8(13)7-12(2,3)10-6-9(14)4-5-11(10)15/h4-6,8H,7H2,1-3H3. The molecule has 1 unspecified atom stereocenters. The summed E-state index contributed by atoms with van der Waals surface area (Å²) in [7, 11) is 0. The van der Waals surface area contributed by atoms with E-state index in [-0.39, 0.29) is 10.8 Å². The van der Waals surface area contributed by atoms with Gasteiger partial charge in [0.25, 0.3) is 0 Å². The van der Waals surface area contributed by atoms with Crippen molar-refractivity contribution < 1.29 is 0 Å². The van der Waals surface area contributed by atoms with Crippen LogP contribution >= 0.6 is 34.8 Å². The van der Waals surface area contributed by atoms with Crippen molar-refractivity contribution in [3.05, 3.63) is 33.8 Å². The van der Waals surface area contributed by atoms with E-state index in [9.17, 15) is 0 Å². The van der Waals surface area contributed by atoms with E-state index in [0.717, 1.165) is 17.0 Å². The van der Waals surface area contributed by atoms with Gasteiger partial charge in [-0.05, 0) is 42.5 Å². The summed E-state index contributed by atoms with van der Waals surface area (Å²) in [4.78, 5) is 0. The van der Waals surface area contributed by atoms with Gasteiger partial charge in [0.2, 0.25) is 0 Å². The Morgan fingerprint density at radius 1 is 1.27 bits per heavy atom. The molecule has 0 spiro atoms. The van der Waals surface area contributed by atoms with Gasteiger partial charge in [-0.1, -0.05) is 37.0 Å². The van der Waals surface area contributed by atoms with Gasteiger partial charge in [-0.2, -0.15) is 0 Å². The first-order chi connectivity index (χ1) is 6.83. The van der Waals surface area contributed by atoms with Crippen LogP contribution in [-0.4, -0.2) is 5.38 Å². The second-order valence-electron chi connectivity index (χ2n) is 4.49. The van der Waals surface area contributed by atoms with Crippen molar-refractivity contribution in [3.8, 4) is 0 Å². The van der Waals surface area contributed by atoms with Crippen molar-refractivity contribution in [1.29, 1.82) is 0 Å². The summed E-state index contributed by atoms with van der Waals surface area (Å²) in [5.41, 5.74) is 1.01. The van der Waals surface area contributed by atoms with Crippen molar-refractivity contribution >= 4 is 34.8 Å². The fraction of sp³-hybridized carbons (Fsp3) is 0.500. The third-order valence-electron chi connectivity index (χ3n) is 2.45. The van der Waals surface area contributed by atoms with Gasteiger partial charge in [0, 0.05) is 15.4 Å². The SMILES string of the molecule is CC(Cl)CC(C)(C)c1cc(Cl)ccc1Cl. The van der Waals surface area contributed by atoms with Crippen LogP contribution in [0.2, 0.25) is 10.0 Å². The Hall–Kier alpha value is 0.0900. The second-order valence-corrected chi connectivity index (χ2v) is 6.08. The van der Waals surface area contributed by atoms with E-state index >= 15 is 0 Å². The molecule has 1 aromatic carbocycles. The van der Waals surface area contributed by atoms with Gasteiger partial charge in [-0.15, -0.1) is 11.6 Å². The quantitative estimate of drug-likeness (QED) is 0.652. The molecule has 0 aliphatic rings. The number of hydrogen-bond acceptors (Lipinski definition) is 0. The van der Waals surface area contributed by atoms with E-state index in [2.05, 4.69) is 13.8 Å². The number of hydrogen-bond donors (Lipinski definition) is 0. The van der Waals surface area contributed by atoms with Crippen LogP contribution in [0.4, 0.5) is 0 Å². The Labute approximate surface area is 107 Å². The molecule has 0 heterocycles. The second kappa shape index (κ2) is 4.95. The molecule has 0 saturated heterocycles. The van der Waals surface area contributed by atoms with E-state index in [4.69, 9.17) is 34.8 Å². The minimum absolute atomic E-state index is 0.0524. The molecule has 0 N–H and O–H groups in total. The van der Waals surface area contributed by atoms with Crippen LogP contribution in [0.1, 0.15) is 32.8 Å². The average molecular weight is 266 g/mol. The topological polar surface area (TPSA) is 0 Å². The summed E-state index contributed by atoms with van der Waals surface area (Å²) in [5.74, 6) is 0. The fourth-order valence-electron chi connectivity index (χ4n) is 1.83. The van der Waals surface area contributed by atoms with E-state index in [1.165, 1.54) is 0 Å². The molecule has 0 amide bonds. The summed E-state index contributed by atoms with van der Waals surface area (Å²) >= 11 is 18.2. The Morgan fingerprint density at radius 2 is 1.87 bits per heavy atom. The van der Waals surface area contributed by atoms with Crippen LogP contribution in [0.5, 0.6) is 0 Å². The predicted molar refractivity (Wildman–Crippen MR) is 69.4 cm³/mol. The van der Waals surface area contributed by atoms with Crippen molar-refractivity contribution in [2.45, 2.75) is 38.0 Å². The first-order valence-corrected chi connectivity index (χ1v) is 6.12. The number of alkyl halides is 1. The first kappa shape index (κ1) is 13.2. The molecule has 0 aromatic heterocycles. The minimum atomic E-state index is -0.0524. The summed E-state index contributed by atoms with van der Waals surface area (Å²) in [6.07, 6.45) is 0.870. The maximum Gasteiger partial charge on any atom is 0.0444 e. The molecule has 0 radical (unpaired) electrons. The summed E-state index contributed by atoms with van der Waals surface area (Å²) in [6, 6.07) is 5.55. The molecule has 3 heteroatoms. The van der Waals surface area contributed by atoms with Crippen LogP contribution < -0.4 is 0 Å². The Morgan fingerprint density at radius 3 is 2.40 bits per heavy atom. The van der Waals surface area contributed by atoms with Gasteiger partial charge >= 0.3 is 0 Å². The number of benzene rings is 1. The molecule has 0 fully saturated rings. The molecule has 0 nitrogen and oxygen atoms in total. The highest BCUT2D eigenvalue weighted by molar-refractivity contribution is 6.33. The first-order valence-electron chi connectivity index (χ1n) is 4.92. The van der Waals surface area contributed by atoms with E-state index in [1.54, 1.807) is 6.07 Å². The molecule has 0 saturated carbocycles. The highest BCUT2D eigenvalue weighted by atomic mass is 35.5. The van der Waals surface area contributed by atoms with E-state index in [1.807, 2.05) is 19.1 Å². The third kappa shape index (κ3) is 3.55. The third-order valence-corrected chi connectivity index (χ3v) is 3.17. The maximum absolute atomic E-state index is 6.16. The van der Waals surface area contributed by atoms with E-state index in [0.29, 0.717) is 5.02 Å². The lowest BCUT2D eigenvalue weighted by Gasteiger charge is -2.27. The lowest BCUT2D eigenvalue weighted by molar-refractivity contribution is 0.477. The lowest BCUT2D eigenvalue weighted by atomic mass is 9.80. The maximum atomic E-state index is 6.16. The van der Waals surface area contributed by atoms with Gasteiger partial charge < -0.3 is 0 Å². The van der Waals surface area contributed by atoms with Crippen LogP contribution in [0, 0.1) is 0 Å². The Balaban J connectivity index is 3.08. The zero-order chi connectivity index (χ0) is 11.6. The number of halogens is 3. The van der Waals surface area contributed by atoms with Gasteiger partial charge in [-0.3, -0.25) is 0 Å². The van der Waals surface area contributed by atoms with Crippen molar-refractivity contribution in [3.63, 3.8) is 0 Å². The van der Waals surface area contributed by atoms with Gasteiger partial charge in [0.1, 0.15) is 0 Å². The zero-order valence-corrected chi connectivity index (χ0v) is 11.4. The molecule has 84 valence electrons. The molecule has 0 aliphatic heterocycles. The van der Waals surface area contributed by atoms with Crippen LogP contribution in [0.15, 0.2) is 18.2 Å². The lowest BCUT2D eigenvalue weighted by Crippen LogP contribution is -2.21. The summed E-state index contributed by atoms with van der Waals surface area (Å²) in [6.45, 7) is 6.24. The highest BCUT2D eigenvalue weighted by Gasteiger charge is 2.25. The summed E-state index contributed by atoms with van der Waals surface area (Å²) in [5, 5.41) is 1.58. The van der Waals surface area contributed by atoms with Crippen molar-refractivity contribution in [2.75, 3.05) is 0 Å². The molecule has 1 aromatic rings. The zero-order valence-electron chi connectivity index (χ0n) is 9.15. The molecule has 0 bridgehead atoms. The van der Waals surface area contributed by atoms with Crippen molar-refractivity contribution in [1.82, 2.24) is 0 Å². The van der Waals surface area contributed by atoms with Crippen LogP contribution in [0.3, 0.4) is 0 Å². The van der Waals surface area contributed by atoms with E-state index < -0.39 is 0 Å². The molecule has 1 rings (SSSR count). The average Bonchev–Trinajstić information content (AvgIpc) is 2.06. The molecular weight excluding hydrogens is 250 g/mol. The highest BCUT2D eigenvalue weighted by Crippen LogP contribution is 2.36. The molecule has 1 atom stereocenters. The monoisotopic (exact) mass is 264 g/mol. The Kier molecular flexibility index (Phi) is 4.34. The van der Waals surface area contributed by atoms with Crippen LogP contribution in [0.25, 0.3) is 0 Å². The van der Waals surface area contributed by atoms with Gasteiger partial charge in [0.05, 0.1) is 0 Å². The number of rotatable bonds is 3. The van der Waals surface area contributed by atoms with Gasteiger partial charge in [0.15, 0.2) is 0 Å². The minimum Gasteiger partial charge on any atom is -0.123 e. The predicted octanol–water partition coefficient (Wildman–Crippen LogP) is 5.29. The molecule has 0 aliphatic carbocycles. The normalized spacial score (nSPS) is 14.0.